The average molecular weight is 1120 g/mol. The van der Waals surface area contributed by atoms with Crippen molar-refractivity contribution in [3.63, 3.8) is 0 Å². The number of benzene rings is 1. The summed E-state index contributed by atoms with van der Waals surface area (Å²) in [5, 5.41) is 0. The van der Waals surface area contributed by atoms with Crippen LogP contribution in [0.25, 0.3) is 0 Å². The lowest BCUT2D eigenvalue weighted by Crippen LogP contribution is -2.40. The minimum atomic E-state index is -0.699. The molecule has 24 heteroatoms. The number of rotatable bonds is 2. The monoisotopic (exact) mass is 1120 g/mol. The Labute approximate surface area is 458 Å². The molecule has 0 aromatic heterocycles. The van der Waals surface area contributed by atoms with Gasteiger partial charge in [-0.25, -0.2) is 38.4 Å². The Morgan fingerprint density at radius 1 is 0.358 bits per heavy atom. The fraction of sp³-hybridized carbons (Fsp3) is 0.474. The predicted octanol–water partition coefficient (Wildman–Crippen LogP) is 3.88. The quantitative estimate of drug-likeness (QED) is 0.230. The molecular formula is C57H50O24. The van der Waals surface area contributed by atoms with E-state index in [0.29, 0.717) is 83.1 Å². The van der Waals surface area contributed by atoms with E-state index >= 15 is 0 Å². The third-order valence-corrected chi connectivity index (χ3v) is 17.2. The minimum Gasteiger partial charge on any atom is -0.393 e. The van der Waals surface area contributed by atoms with E-state index in [2.05, 4.69) is 33.2 Å². The molecule has 422 valence electrons. The van der Waals surface area contributed by atoms with Gasteiger partial charge in [-0.15, -0.1) is 0 Å². The van der Waals surface area contributed by atoms with Crippen molar-refractivity contribution in [2.45, 2.75) is 135 Å². The molecule has 1 aromatic rings. The van der Waals surface area contributed by atoms with Crippen LogP contribution in [0.4, 0.5) is 0 Å². The summed E-state index contributed by atoms with van der Waals surface area (Å²) in [5.74, 6) is -10.2. The van der Waals surface area contributed by atoms with E-state index in [0.717, 1.165) is 5.56 Å². The van der Waals surface area contributed by atoms with E-state index in [1.807, 2.05) is 37.3 Å². The lowest BCUT2D eigenvalue weighted by molar-refractivity contribution is -0.172. The topological polar surface area (TPSA) is 347 Å². The third kappa shape index (κ3) is 10.8. The molecule has 8 heterocycles. The van der Waals surface area contributed by atoms with Crippen LogP contribution >= 0.6 is 0 Å². The first kappa shape index (κ1) is 55.6. The summed E-state index contributed by atoms with van der Waals surface area (Å²) >= 11 is 0. The second kappa shape index (κ2) is 20.8. The van der Waals surface area contributed by atoms with Crippen LogP contribution in [0, 0.1) is 33.5 Å². The Kier molecular flexibility index (Phi) is 14.2. The molecule has 0 bridgehead atoms. The zero-order chi connectivity index (χ0) is 58.1. The molecule has 12 aliphatic rings. The molecule has 0 amide bonds. The van der Waals surface area contributed by atoms with Gasteiger partial charge in [0.2, 0.25) is 0 Å². The van der Waals surface area contributed by atoms with Crippen molar-refractivity contribution in [1.82, 2.24) is 0 Å². The largest absolute Gasteiger partial charge is 0.393 e. The smallest absolute Gasteiger partial charge is 0.343 e. The van der Waals surface area contributed by atoms with Gasteiger partial charge in [0, 0.05) is 33.8 Å². The van der Waals surface area contributed by atoms with Gasteiger partial charge in [-0.05, 0) is 103 Å². The maximum atomic E-state index is 12.1. The number of ether oxygens (including phenoxy) is 8. The summed E-state index contributed by atoms with van der Waals surface area (Å²) in [6.07, 6.45) is 4.67. The molecule has 0 saturated carbocycles. The van der Waals surface area contributed by atoms with Crippen molar-refractivity contribution >= 4 is 95.5 Å². The van der Waals surface area contributed by atoms with Gasteiger partial charge < -0.3 is 37.9 Å². The Balaban J connectivity index is 0.000000122. The van der Waals surface area contributed by atoms with E-state index in [-0.39, 0.29) is 94.8 Å². The van der Waals surface area contributed by atoms with Crippen molar-refractivity contribution in [3.8, 4) is 0 Å². The van der Waals surface area contributed by atoms with Crippen LogP contribution in [-0.2, 0) is 115 Å². The van der Waals surface area contributed by atoms with Gasteiger partial charge in [-0.2, -0.15) is 0 Å². The Morgan fingerprint density at radius 2 is 0.704 bits per heavy atom. The van der Waals surface area contributed by atoms with E-state index in [1.165, 1.54) is 0 Å². The van der Waals surface area contributed by atoms with Crippen molar-refractivity contribution in [2.24, 2.45) is 33.5 Å². The summed E-state index contributed by atoms with van der Waals surface area (Å²) in [5.41, 5.74) is 1.28. The summed E-state index contributed by atoms with van der Waals surface area (Å²) in [4.78, 5) is 186. The maximum Gasteiger partial charge on any atom is 0.343 e. The molecule has 8 aliphatic heterocycles. The molecule has 3 unspecified atom stereocenters. The van der Waals surface area contributed by atoms with Gasteiger partial charge in [0.25, 0.3) is 0 Å². The first-order valence-corrected chi connectivity index (χ1v) is 26.3. The second-order valence-corrected chi connectivity index (χ2v) is 22.9. The maximum absolute atomic E-state index is 12.1. The highest BCUT2D eigenvalue weighted by molar-refractivity contribution is 6.15. The molecule has 0 N–H and O–H groups in total. The molecule has 4 aliphatic carbocycles. The van der Waals surface area contributed by atoms with Crippen molar-refractivity contribution in [3.05, 3.63) is 80.5 Å². The molecule has 4 fully saturated rings. The van der Waals surface area contributed by atoms with Gasteiger partial charge in [0.1, 0.15) is 0 Å². The number of cyclic esters (lactones) is 16. The van der Waals surface area contributed by atoms with Gasteiger partial charge >= 0.3 is 95.5 Å². The Morgan fingerprint density at radius 3 is 1.17 bits per heavy atom. The van der Waals surface area contributed by atoms with Crippen LogP contribution < -0.4 is 0 Å². The molecule has 4 spiro atoms. The number of esters is 16. The molecule has 13 rings (SSSR count). The lowest BCUT2D eigenvalue weighted by atomic mass is 9.62. The fourth-order valence-corrected chi connectivity index (χ4v) is 14.0. The molecular weight excluding hydrogens is 1070 g/mol. The zero-order valence-electron chi connectivity index (χ0n) is 43.6. The fourth-order valence-electron chi connectivity index (χ4n) is 14.0. The highest BCUT2D eigenvalue weighted by atomic mass is 16.6. The number of carbonyl (C=O) groups excluding carboxylic acids is 16. The molecule has 24 nitrogen and oxygen atoms in total. The normalized spacial score (nSPS) is 27.4. The first-order chi connectivity index (χ1) is 38.3. The number of hydrogen-bond donors (Lipinski definition) is 0. The van der Waals surface area contributed by atoms with Gasteiger partial charge in [-0.3, -0.25) is 38.4 Å². The SMILES string of the molecule is CC1CC2(CC(=O)OC(=O)C2)CC2=C1C(=O)OC2=O.CCC1CC2(CC(=O)OC(=O)C2)CC2=C1C(=O)OC2=O.O=C1CC2(CC(=O)O1)CC1=C(C(=O)OC1=O)C(c1ccccc1)C2.O=C1CC2(CCC3=C(C2)C(=O)OC3=O)CC(=O)O1. The predicted molar refractivity (Wildman–Crippen MR) is 257 cm³/mol. The Bertz CT molecular complexity index is 3260. The van der Waals surface area contributed by atoms with Gasteiger partial charge in [0.15, 0.2) is 0 Å². The van der Waals surface area contributed by atoms with Gasteiger partial charge in [-0.1, -0.05) is 44.2 Å². The average Bonchev–Trinajstić information content (AvgIpc) is 4.11. The van der Waals surface area contributed by atoms with Gasteiger partial charge in [0.05, 0.1) is 68.1 Å². The van der Waals surface area contributed by atoms with Crippen molar-refractivity contribution < 1.29 is 115 Å². The van der Waals surface area contributed by atoms with Crippen LogP contribution in [0.2, 0.25) is 0 Å². The zero-order valence-corrected chi connectivity index (χ0v) is 43.6. The van der Waals surface area contributed by atoms with Crippen LogP contribution in [0.1, 0.15) is 141 Å². The minimum absolute atomic E-state index is 0.0559. The summed E-state index contributed by atoms with van der Waals surface area (Å²) in [7, 11) is 0. The highest BCUT2D eigenvalue weighted by Crippen LogP contribution is 2.56. The molecule has 4 saturated heterocycles. The summed E-state index contributed by atoms with van der Waals surface area (Å²) in [6, 6.07) is 9.29. The van der Waals surface area contributed by atoms with Crippen molar-refractivity contribution in [1.29, 1.82) is 0 Å². The van der Waals surface area contributed by atoms with Crippen LogP contribution in [-0.4, -0.2) is 95.5 Å². The van der Waals surface area contributed by atoms with E-state index in [4.69, 9.17) is 4.74 Å². The third-order valence-electron chi connectivity index (χ3n) is 17.2. The van der Waals surface area contributed by atoms with E-state index < -0.39 is 117 Å². The number of carbonyl (C=O) groups is 16. The second-order valence-electron chi connectivity index (χ2n) is 22.9. The Hall–Kier alpha value is -8.70. The van der Waals surface area contributed by atoms with E-state index in [9.17, 15) is 76.7 Å². The van der Waals surface area contributed by atoms with E-state index in [1.54, 1.807) is 6.92 Å². The molecule has 0 radical (unpaired) electrons. The summed E-state index contributed by atoms with van der Waals surface area (Å²) < 4.78 is 36.9. The molecule has 3 atom stereocenters. The summed E-state index contributed by atoms with van der Waals surface area (Å²) in [6.45, 7) is 3.72. The first-order valence-electron chi connectivity index (χ1n) is 26.3. The van der Waals surface area contributed by atoms with Crippen molar-refractivity contribution in [2.75, 3.05) is 0 Å². The number of hydrogen-bond acceptors (Lipinski definition) is 24. The molecule has 81 heavy (non-hydrogen) atoms. The van der Waals surface area contributed by atoms with Crippen LogP contribution in [0.15, 0.2) is 74.9 Å². The highest BCUT2D eigenvalue weighted by Gasteiger charge is 2.56. The lowest BCUT2D eigenvalue weighted by Gasteiger charge is -2.41. The molecule has 1 aromatic carbocycles. The van der Waals surface area contributed by atoms with Crippen LogP contribution in [0.5, 0.6) is 0 Å². The van der Waals surface area contributed by atoms with Crippen LogP contribution in [0.3, 0.4) is 0 Å². The standard InChI is InChI=1S/C18H14O6.C14H14O6.C13H12O6.C12H10O6/c19-13-8-18(9-14(20)23-13)6-11(10-4-2-1-3-5-10)15-12(7-18)16(21)24-17(15)22;1-2-7-3-14(5-9(15)19-10(16)6-14)4-8-11(7)13(18)20-12(8)17;1-6-2-13(4-8(14)18-9(15)5-13)3-7-10(6)12(17)19-11(7)16;13-8-4-12(5-9(14)17-8)2-1-6-7(3-12)11(16)18-10(6)15/h1-5,11H,6-9H2;7H,2-6H2,1H3;6H,2-5H2,1H3;1-5H2.